The van der Waals surface area contributed by atoms with Crippen LogP contribution in [0.5, 0.6) is 0 Å². The van der Waals surface area contributed by atoms with Crippen molar-refractivity contribution in [1.29, 1.82) is 0 Å². The van der Waals surface area contributed by atoms with Crippen molar-refractivity contribution in [1.82, 2.24) is 9.13 Å². The molecule has 0 unspecified atom stereocenters. The van der Waals surface area contributed by atoms with Crippen molar-refractivity contribution in [3.05, 3.63) is 60.9 Å². The zero-order valence-corrected chi connectivity index (χ0v) is 12.9. The normalized spacial score (nSPS) is 10.9. The SMILES string of the molecule is Cc1cc(C)c(-n2c(=O)c(C)c(C)n(C)c2=O)cc1C. The van der Waals surface area contributed by atoms with Gasteiger partial charge in [-0.25, -0.2) is 9.36 Å². The summed E-state index contributed by atoms with van der Waals surface area (Å²) in [6.45, 7) is 9.46. The summed E-state index contributed by atoms with van der Waals surface area (Å²) in [6, 6.07) is 3.91. The van der Waals surface area contributed by atoms with Crippen LogP contribution in [0, 0.1) is 34.6 Å². The Morgan fingerprint density at radius 3 is 2.00 bits per heavy atom. The smallest absolute Gasteiger partial charge is 0.300 e. The number of aromatic nitrogens is 2. The largest absolute Gasteiger partial charge is 0.335 e. The van der Waals surface area contributed by atoms with Gasteiger partial charge in [0, 0.05) is 18.3 Å². The summed E-state index contributed by atoms with van der Waals surface area (Å²) < 4.78 is 2.79. The van der Waals surface area contributed by atoms with E-state index in [1.165, 1.54) is 9.13 Å². The monoisotopic (exact) mass is 272 g/mol. The molecule has 1 aromatic heterocycles. The lowest BCUT2D eigenvalue weighted by Gasteiger charge is -2.15. The molecule has 0 spiro atoms. The summed E-state index contributed by atoms with van der Waals surface area (Å²) in [4.78, 5) is 24.9. The van der Waals surface area contributed by atoms with Crippen molar-refractivity contribution in [2.24, 2.45) is 7.05 Å². The maximum absolute atomic E-state index is 12.5. The van der Waals surface area contributed by atoms with Crippen LogP contribution in [-0.2, 0) is 7.05 Å². The van der Waals surface area contributed by atoms with Gasteiger partial charge in [0.25, 0.3) is 5.56 Å². The first-order valence-corrected chi connectivity index (χ1v) is 6.63. The Bertz CT molecular complexity index is 773. The Morgan fingerprint density at radius 1 is 0.850 bits per heavy atom. The van der Waals surface area contributed by atoms with Gasteiger partial charge in [-0.2, -0.15) is 0 Å². The Hall–Kier alpha value is -2.10. The average molecular weight is 272 g/mol. The second-order valence-corrected chi connectivity index (χ2v) is 5.42. The highest BCUT2D eigenvalue weighted by molar-refractivity contribution is 5.46. The van der Waals surface area contributed by atoms with Crippen LogP contribution in [0.1, 0.15) is 27.9 Å². The molecule has 20 heavy (non-hydrogen) atoms. The van der Waals surface area contributed by atoms with Gasteiger partial charge >= 0.3 is 5.69 Å². The van der Waals surface area contributed by atoms with Gasteiger partial charge in [0.2, 0.25) is 0 Å². The molecule has 2 aromatic rings. The highest BCUT2D eigenvalue weighted by atomic mass is 16.2. The standard InChI is InChI=1S/C16H20N2O2/c1-9-7-11(3)14(8-10(9)2)18-15(19)12(4)13(5)17(6)16(18)20/h7-8H,1-6H3. The van der Waals surface area contributed by atoms with Gasteiger partial charge in [0.1, 0.15) is 0 Å². The lowest BCUT2D eigenvalue weighted by molar-refractivity contribution is 0.700. The molecule has 106 valence electrons. The van der Waals surface area contributed by atoms with E-state index in [1.807, 2.05) is 32.9 Å². The molecule has 0 aliphatic rings. The quantitative estimate of drug-likeness (QED) is 0.797. The first kappa shape index (κ1) is 14.3. The molecule has 0 aliphatic carbocycles. The zero-order chi connectivity index (χ0) is 15.2. The van der Waals surface area contributed by atoms with Gasteiger partial charge in [-0.15, -0.1) is 0 Å². The minimum Gasteiger partial charge on any atom is -0.300 e. The Kier molecular flexibility index (Phi) is 3.42. The van der Waals surface area contributed by atoms with Gasteiger partial charge in [-0.1, -0.05) is 6.07 Å². The van der Waals surface area contributed by atoms with Gasteiger partial charge in [-0.05, 0) is 57.4 Å². The van der Waals surface area contributed by atoms with Crippen LogP contribution in [0.3, 0.4) is 0 Å². The molecule has 0 aliphatic heterocycles. The predicted octanol–water partition coefficient (Wildman–Crippen LogP) is 2.08. The summed E-state index contributed by atoms with van der Waals surface area (Å²) in [7, 11) is 1.69. The average Bonchev–Trinajstić information content (AvgIpc) is 2.40. The zero-order valence-electron chi connectivity index (χ0n) is 12.9. The predicted molar refractivity (Wildman–Crippen MR) is 81.0 cm³/mol. The van der Waals surface area contributed by atoms with Gasteiger partial charge in [0.15, 0.2) is 0 Å². The second kappa shape index (κ2) is 4.78. The van der Waals surface area contributed by atoms with Gasteiger partial charge in [0.05, 0.1) is 5.69 Å². The maximum atomic E-state index is 12.5. The summed E-state index contributed by atoms with van der Waals surface area (Å²) in [5.74, 6) is 0. The minimum absolute atomic E-state index is 0.239. The van der Waals surface area contributed by atoms with E-state index in [4.69, 9.17) is 0 Å². The van der Waals surface area contributed by atoms with E-state index in [9.17, 15) is 9.59 Å². The first-order chi connectivity index (χ1) is 9.25. The van der Waals surface area contributed by atoms with Crippen molar-refractivity contribution in [3.63, 3.8) is 0 Å². The van der Waals surface area contributed by atoms with Gasteiger partial charge in [-0.3, -0.25) is 4.79 Å². The van der Waals surface area contributed by atoms with Crippen LogP contribution in [0.15, 0.2) is 21.7 Å². The van der Waals surface area contributed by atoms with Crippen LogP contribution >= 0.6 is 0 Å². The fourth-order valence-corrected chi connectivity index (χ4v) is 2.35. The van der Waals surface area contributed by atoms with E-state index in [1.54, 1.807) is 20.9 Å². The summed E-state index contributed by atoms with van der Waals surface area (Å²) in [5.41, 5.74) is 4.58. The van der Waals surface area contributed by atoms with Crippen LogP contribution in [0.2, 0.25) is 0 Å². The van der Waals surface area contributed by atoms with Crippen molar-refractivity contribution < 1.29 is 0 Å². The third kappa shape index (κ3) is 2.01. The third-order valence-electron chi connectivity index (χ3n) is 4.10. The van der Waals surface area contributed by atoms with Crippen LogP contribution in [-0.4, -0.2) is 9.13 Å². The molecule has 4 nitrogen and oxygen atoms in total. The molecule has 4 heteroatoms. The van der Waals surface area contributed by atoms with Crippen molar-refractivity contribution in [3.8, 4) is 5.69 Å². The summed E-state index contributed by atoms with van der Waals surface area (Å²) in [5, 5.41) is 0. The molecular weight excluding hydrogens is 252 g/mol. The molecule has 2 rings (SSSR count). The molecule has 0 fully saturated rings. The van der Waals surface area contributed by atoms with Crippen molar-refractivity contribution in [2.45, 2.75) is 34.6 Å². The van der Waals surface area contributed by atoms with E-state index < -0.39 is 0 Å². The number of hydrogen-bond donors (Lipinski definition) is 0. The topological polar surface area (TPSA) is 44.0 Å². The lowest BCUT2D eigenvalue weighted by atomic mass is 10.0. The second-order valence-electron chi connectivity index (χ2n) is 5.42. The van der Waals surface area contributed by atoms with E-state index in [0.717, 1.165) is 16.7 Å². The summed E-state index contributed by atoms with van der Waals surface area (Å²) in [6.07, 6.45) is 0. The highest BCUT2D eigenvalue weighted by Crippen LogP contribution is 2.17. The van der Waals surface area contributed by atoms with Crippen LogP contribution in [0.25, 0.3) is 5.69 Å². The third-order valence-corrected chi connectivity index (χ3v) is 4.10. The molecule has 0 bridgehead atoms. The Balaban J connectivity index is 2.95. The number of hydrogen-bond acceptors (Lipinski definition) is 2. The molecule has 1 aromatic carbocycles. The van der Waals surface area contributed by atoms with E-state index in [0.29, 0.717) is 16.9 Å². The summed E-state index contributed by atoms with van der Waals surface area (Å²) >= 11 is 0. The van der Waals surface area contributed by atoms with Gasteiger partial charge < -0.3 is 4.57 Å². The van der Waals surface area contributed by atoms with Crippen LogP contribution in [0.4, 0.5) is 0 Å². The molecule has 0 amide bonds. The Morgan fingerprint density at radius 2 is 1.40 bits per heavy atom. The first-order valence-electron chi connectivity index (χ1n) is 6.63. The fourth-order valence-electron chi connectivity index (χ4n) is 2.35. The lowest BCUT2D eigenvalue weighted by Crippen LogP contribution is -2.40. The van der Waals surface area contributed by atoms with Crippen LogP contribution < -0.4 is 11.2 Å². The molecule has 0 N–H and O–H groups in total. The maximum Gasteiger partial charge on any atom is 0.335 e. The van der Waals surface area contributed by atoms with Crippen molar-refractivity contribution >= 4 is 0 Å². The molecule has 0 atom stereocenters. The number of aryl methyl sites for hydroxylation is 3. The van der Waals surface area contributed by atoms with E-state index >= 15 is 0 Å². The molecule has 0 saturated carbocycles. The van der Waals surface area contributed by atoms with E-state index in [-0.39, 0.29) is 11.2 Å². The Labute approximate surface area is 118 Å². The van der Waals surface area contributed by atoms with E-state index in [2.05, 4.69) is 0 Å². The molecule has 1 heterocycles. The number of benzene rings is 1. The molecule has 0 saturated heterocycles. The minimum atomic E-state index is -0.301. The van der Waals surface area contributed by atoms with Crippen molar-refractivity contribution in [2.75, 3.05) is 0 Å². The molecule has 0 radical (unpaired) electrons. The number of rotatable bonds is 1. The number of nitrogens with zero attached hydrogens (tertiary/aromatic N) is 2. The fraction of sp³-hybridized carbons (Fsp3) is 0.375. The highest BCUT2D eigenvalue weighted by Gasteiger charge is 2.14. The molecular formula is C16H20N2O2.